The fourth-order valence-electron chi connectivity index (χ4n) is 1.69. The van der Waals surface area contributed by atoms with Crippen LogP contribution in [0.1, 0.15) is 0 Å². The molecule has 2 rings (SSSR count). The summed E-state index contributed by atoms with van der Waals surface area (Å²) >= 11 is 5.32. The normalized spacial score (nSPS) is 12.5. The molecule has 2 aromatic rings. The summed E-state index contributed by atoms with van der Waals surface area (Å²) in [4.78, 5) is -0.435. The summed E-state index contributed by atoms with van der Waals surface area (Å²) < 4.78 is 78.3. The third-order valence-electron chi connectivity index (χ3n) is 2.66. The highest BCUT2D eigenvalue weighted by Crippen LogP contribution is 2.51. The van der Waals surface area contributed by atoms with Crippen LogP contribution in [0, 0.1) is 11.9 Å². The minimum Gasteiger partial charge on any atom is -0.206 e. The average Bonchev–Trinajstić information content (AvgIpc) is 2.38. The van der Waals surface area contributed by atoms with Gasteiger partial charge in [-0.3, -0.25) is 0 Å². The lowest BCUT2D eigenvalue weighted by Gasteiger charge is -2.21. The Morgan fingerprint density at radius 2 is 1.61 bits per heavy atom. The number of halogens is 8. The molecule has 2 aromatic carbocycles. The SMILES string of the molecule is Fc1ccccc1-c1c(Br)[c]c(Br)cc1SC(F)(F)C(F)(F)F. The Morgan fingerprint density at radius 1 is 1.00 bits per heavy atom. The van der Waals surface area contributed by atoms with Crippen LogP contribution in [0.5, 0.6) is 0 Å². The first-order valence-electron chi connectivity index (χ1n) is 5.82. The Kier molecular flexibility index (Phi) is 5.42. The molecule has 0 aliphatic rings. The molecule has 0 aliphatic heterocycles. The average molecular weight is 479 g/mol. The van der Waals surface area contributed by atoms with E-state index in [1.54, 1.807) is 0 Å². The molecule has 0 spiro atoms. The zero-order valence-corrected chi connectivity index (χ0v) is 14.8. The Hall–Kier alpha value is -0.670. The van der Waals surface area contributed by atoms with E-state index in [0.29, 0.717) is 0 Å². The molecule has 0 atom stereocenters. The van der Waals surface area contributed by atoms with Gasteiger partial charge in [0.25, 0.3) is 0 Å². The second-order valence-electron chi connectivity index (χ2n) is 4.27. The van der Waals surface area contributed by atoms with Gasteiger partial charge in [0.1, 0.15) is 5.82 Å². The number of hydrogen-bond donors (Lipinski definition) is 0. The van der Waals surface area contributed by atoms with Crippen LogP contribution >= 0.6 is 43.6 Å². The van der Waals surface area contributed by atoms with Crippen molar-refractivity contribution in [1.82, 2.24) is 0 Å². The van der Waals surface area contributed by atoms with Crippen LogP contribution < -0.4 is 0 Å². The van der Waals surface area contributed by atoms with Gasteiger partial charge < -0.3 is 0 Å². The third kappa shape index (κ3) is 4.06. The van der Waals surface area contributed by atoms with E-state index < -0.39 is 33.9 Å². The molecular formula is C14H5Br2F6S. The summed E-state index contributed by atoms with van der Waals surface area (Å²) in [7, 11) is 0. The molecule has 123 valence electrons. The Balaban J connectivity index is 2.63. The molecule has 0 N–H and O–H groups in total. The van der Waals surface area contributed by atoms with Crippen molar-refractivity contribution in [3.63, 3.8) is 0 Å². The number of benzene rings is 2. The summed E-state index contributed by atoms with van der Waals surface area (Å²) in [6.45, 7) is 0. The molecule has 9 heteroatoms. The molecular weight excluding hydrogens is 474 g/mol. The van der Waals surface area contributed by atoms with Gasteiger partial charge in [-0.1, -0.05) is 34.1 Å². The Bertz CT molecular complexity index is 730. The van der Waals surface area contributed by atoms with Gasteiger partial charge in [0.2, 0.25) is 0 Å². The Labute approximate surface area is 148 Å². The van der Waals surface area contributed by atoms with Crippen LogP contribution in [-0.4, -0.2) is 11.4 Å². The summed E-state index contributed by atoms with van der Waals surface area (Å²) in [5, 5.41) is -5.02. The highest BCUT2D eigenvalue weighted by Gasteiger charge is 2.58. The van der Waals surface area contributed by atoms with Gasteiger partial charge in [0, 0.05) is 31.0 Å². The molecule has 0 saturated carbocycles. The molecule has 23 heavy (non-hydrogen) atoms. The predicted molar refractivity (Wildman–Crippen MR) is 82.9 cm³/mol. The molecule has 0 heterocycles. The second kappa shape index (κ2) is 6.68. The van der Waals surface area contributed by atoms with Crippen molar-refractivity contribution in [3.05, 3.63) is 51.2 Å². The van der Waals surface area contributed by atoms with Crippen molar-refractivity contribution < 1.29 is 26.3 Å². The number of hydrogen-bond acceptors (Lipinski definition) is 1. The highest BCUT2D eigenvalue weighted by atomic mass is 79.9. The van der Waals surface area contributed by atoms with Crippen molar-refractivity contribution in [2.24, 2.45) is 0 Å². The summed E-state index contributed by atoms with van der Waals surface area (Å²) in [6, 6.07) is 8.89. The van der Waals surface area contributed by atoms with Crippen LogP contribution in [-0.2, 0) is 0 Å². The first kappa shape index (κ1) is 18.7. The molecule has 0 amide bonds. The topological polar surface area (TPSA) is 0 Å². The fourth-order valence-corrected chi connectivity index (χ4v) is 4.19. The van der Waals surface area contributed by atoms with Gasteiger partial charge >= 0.3 is 11.4 Å². The lowest BCUT2D eigenvalue weighted by atomic mass is 10.1. The zero-order chi connectivity index (χ0) is 17.4. The number of rotatable bonds is 3. The first-order chi connectivity index (χ1) is 10.5. The maximum Gasteiger partial charge on any atom is 0.464 e. The van der Waals surface area contributed by atoms with E-state index in [-0.39, 0.29) is 20.1 Å². The van der Waals surface area contributed by atoms with Gasteiger partial charge in [-0.05, 0) is 39.8 Å². The Morgan fingerprint density at radius 3 is 2.17 bits per heavy atom. The van der Waals surface area contributed by atoms with Crippen LogP contribution in [0.15, 0.2) is 44.2 Å². The van der Waals surface area contributed by atoms with Crippen molar-refractivity contribution in [2.45, 2.75) is 16.3 Å². The van der Waals surface area contributed by atoms with Gasteiger partial charge in [0.15, 0.2) is 0 Å². The molecule has 0 unspecified atom stereocenters. The zero-order valence-electron chi connectivity index (χ0n) is 10.8. The van der Waals surface area contributed by atoms with Gasteiger partial charge in [-0.25, -0.2) is 4.39 Å². The molecule has 0 aliphatic carbocycles. The van der Waals surface area contributed by atoms with Crippen molar-refractivity contribution in [1.29, 1.82) is 0 Å². The lowest BCUT2D eigenvalue weighted by molar-refractivity contribution is -0.237. The van der Waals surface area contributed by atoms with Crippen molar-refractivity contribution >= 4 is 43.6 Å². The first-order valence-corrected chi connectivity index (χ1v) is 8.23. The number of alkyl halides is 5. The quantitative estimate of drug-likeness (QED) is 0.336. The fraction of sp³-hybridized carbons (Fsp3) is 0.143. The maximum atomic E-state index is 13.9. The monoisotopic (exact) mass is 477 g/mol. The molecule has 0 fully saturated rings. The summed E-state index contributed by atoms with van der Waals surface area (Å²) in [6.07, 6.45) is -5.73. The second-order valence-corrected chi connectivity index (χ2v) is 7.07. The molecule has 0 saturated heterocycles. The van der Waals surface area contributed by atoms with E-state index in [1.165, 1.54) is 18.2 Å². The van der Waals surface area contributed by atoms with E-state index >= 15 is 0 Å². The van der Waals surface area contributed by atoms with E-state index in [2.05, 4.69) is 37.9 Å². The van der Waals surface area contributed by atoms with E-state index in [0.717, 1.165) is 12.1 Å². The van der Waals surface area contributed by atoms with Gasteiger partial charge in [0.05, 0.1) is 0 Å². The van der Waals surface area contributed by atoms with Crippen molar-refractivity contribution in [2.75, 3.05) is 0 Å². The van der Waals surface area contributed by atoms with Crippen LogP contribution in [0.25, 0.3) is 11.1 Å². The highest BCUT2D eigenvalue weighted by molar-refractivity contribution is 9.11. The van der Waals surface area contributed by atoms with Crippen molar-refractivity contribution in [3.8, 4) is 11.1 Å². The molecule has 0 nitrogen and oxygen atoms in total. The van der Waals surface area contributed by atoms with Crippen LogP contribution in [0.2, 0.25) is 0 Å². The molecule has 0 aromatic heterocycles. The lowest BCUT2D eigenvalue weighted by Crippen LogP contribution is -2.32. The smallest absolute Gasteiger partial charge is 0.206 e. The summed E-state index contributed by atoms with van der Waals surface area (Å²) in [5.74, 6) is -0.749. The van der Waals surface area contributed by atoms with Crippen LogP contribution in [0.3, 0.4) is 0 Å². The predicted octanol–water partition coefficient (Wildman–Crippen LogP) is 7.07. The maximum absolute atomic E-state index is 13.9. The molecule has 1 radical (unpaired) electrons. The summed E-state index contributed by atoms with van der Waals surface area (Å²) in [5.41, 5.74) is -0.233. The van der Waals surface area contributed by atoms with E-state index in [4.69, 9.17) is 0 Å². The number of thioether (sulfide) groups is 1. The van der Waals surface area contributed by atoms with E-state index in [1.807, 2.05) is 0 Å². The minimum absolute atomic E-state index is 0.0671. The largest absolute Gasteiger partial charge is 0.464 e. The molecule has 0 bridgehead atoms. The van der Waals surface area contributed by atoms with Crippen LogP contribution in [0.4, 0.5) is 26.3 Å². The van der Waals surface area contributed by atoms with Gasteiger partial charge in [-0.2, -0.15) is 22.0 Å². The van der Waals surface area contributed by atoms with Gasteiger partial charge in [-0.15, -0.1) is 0 Å². The third-order valence-corrected chi connectivity index (χ3v) is 4.72. The standard InChI is InChI=1S/C14H5Br2F6S/c15-7-5-9(16)12(8-3-1-2-4-10(8)17)11(6-7)23-14(21,22)13(18,19)20/h1-4,6H. The minimum atomic E-state index is -5.73. The van der Waals surface area contributed by atoms with E-state index in [9.17, 15) is 26.3 Å².